The summed E-state index contributed by atoms with van der Waals surface area (Å²) in [6, 6.07) is 6.22. The Kier molecular flexibility index (Phi) is 10.0. The van der Waals surface area contributed by atoms with Gasteiger partial charge in [-0.3, -0.25) is 4.99 Å². The second-order valence-electron chi connectivity index (χ2n) is 7.01. The summed E-state index contributed by atoms with van der Waals surface area (Å²) in [6.45, 7) is 9.83. The van der Waals surface area contributed by atoms with Crippen molar-refractivity contribution in [2.45, 2.75) is 33.1 Å². The minimum atomic E-state index is 0.582. The van der Waals surface area contributed by atoms with E-state index in [4.69, 9.17) is 14.2 Å². The molecule has 0 saturated carbocycles. The van der Waals surface area contributed by atoms with E-state index in [1.807, 2.05) is 0 Å². The number of hydrogen-bond donors (Lipinski definition) is 2. The highest BCUT2D eigenvalue weighted by atomic mass is 16.5. The van der Waals surface area contributed by atoms with Crippen molar-refractivity contribution >= 4 is 5.96 Å². The predicted molar refractivity (Wildman–Crippen MR) is 110 cm³/mol. The quantitative estimate of drug-likeness (QED) is 0.353. The van der Waals surface area contributed by atoms with Gasteiger partial charge in [-0.25, -0.2) is 0 Å². The molecule has 0 spiro atoms. The van der Waals surface area contributed by atoms with E-state index in [2.05, 4.69) is 47.7 Å². The van der Waals surface area contributed by atoms with Crippen molar-refractivity contribution in [3.63, 3.8) is 0 Å². The highest BCUT2D eigenvalue weighted by Gasteiger charge is 2.15. The molecule has 1 fully saturated rings. The number of nitrogens with zero attached hydrogens (tertiary/aromatic N) is 1. The molecule has 6 heteroatoms. The van der Waals surface area contributed by atoms with E-state index in [1.165, 1.54) is 11.1 Å². The van der Waals surface area contributed by atoms with Gasteiger partial charge in [0.15, 0.2) is 5.96 Å². The van der Waals surface area contributed by atoms with Gasteiger partial charge >= 0.3 is 0 Å². The van der Waals surface area contributed by atoms with E-state index in [9.17, 15) is 0 Å². The lowest BCUT2D eigenvalue weighted by Crippen LogP contribution is -2.38. The molecule has 152 valence electrons. The number of para-hydroxylation sites is 1. The number of nitrogens with one attached hydrogen (secondary N) is 2. The van der Waals surface area contributed by atoms with E-state index < -0.39 is 0 Å². The van der Waals surface area contributed by atoms with Crippen LogP contribution in [0.2, 0.25) is 0 Å². The number of aliphatic imine (C=N–C) groups is 1. The first-order valence-corrected chi connectivity index (χ1v) is 9.99. The molecule has 27 heavy (non-hydrogen) atoms. The molecule has 1 aliphatic heterocycles. The minimum Gasteiger partial charge on any atom is -0.493 e. The Morgan fingerprint density at radius 1 is 1.15 bits per heavy atom. The van der Waals surface area contributed by atoms with Gasteiger partial charge in [0, 0.05) is 39.3 Å². The van der Waals surface area contributed by atoms with Crippen molar-refractivity contribution in [2.75, 3.05) is 53.2 Å². The van der Waals surface area contributed by atoms with Gasteiger partial charge in [0.05, 0.1) is 19.8 Å². The first kappa shape index (κ1) is 21.5. The Morgan fingerprint density at radius 2 is 1.85 bits per heavy atom. The Morgan fingerprint density at radius 3 is 2.48 bits per heavy atom. The molecule has 1 saturated heterocycles. The maximum absolute atomic E-state index is 5.92. The van der Waals surface area contributed by atoms with Crippen LogP contribution in [0.4, 0.5) is 0 Å². The summed E-state index contributed by atoms with van der Waals surface area (Å²) in [5.41, 5.74) is 2.37. The smallest absolute Gasteiger partial charge is 0.190 e. The van der Waals surface area contributed by atoms with Gasteiger partial charge in [0.25, 0.3) is 0 Å². The SMILES string of the molecule is CN=C(NCCCOCC1CCOC1)NCCCOc1c(C)cccc1C. The molecule has 2 N–H and O–H groups in total. The molecule has 1 aromatic rings. The lowest BCUT2D eigenvalue weighted by molar-refractivity contribution is 0.0888. The maximum Gasteiger partial charge on any atom is 0.190 e. The highest BCUT2D eigenvalue weighted by Crippen LogP contribution is 2.22. The zero-order chi connectivity index (χ0) is 19.3. The molecule has 0 amide bonds. The summed E-state index contributed by atoms with van der Waals surface area (Å²) in [6.07, 6.45) is 3.01. The zero-order valence-corrected chi connectivity index (χ0v) is 17.1. The predicted octanol–water partition coefficient (Wildman–Crippen LogP) is 2.68. The fraction of sp³-hybridized carbons (Fsp3) is 0.667. The highest BCUT2D eigenvalue weighted by molar-refractivity contribution is 5.79. The van der Waals surface area contributed by atoms with Crippen LogP contribution in [0.25, 0.3) is 0 Å². The molecule has 0 aromatic heterocycles. The van der Waals surface area contributed by atoms with E-state index >= 15 is 0 Å². The van der Waals surface area contributed by atoms with Crippen molar-refractivity contribution in [3.05, 3.63) is 29.3 Å². The van der Waals surface area contributed by atoms with Gasteiger partial charge in [0.2, 0.25) is 0 Å². The van der Waals surface area contributed by atoms with Crippen LogP contribution >= 0.6 is 0 Å². The van der Waals surface area contributed by atoms with Gasteiger partial charge in [-0.2, -0.15) is 0 Å². The molecular weight excluding hydrogens is 342 g/mol. The second-order valence-corrected chi connectivity index (χ2v) is 7.01. The van der Waals surface area contributed by atoms with Crippen LogP contribution in [0.5, 0.6) is 5.75 Å². The molecule has 6 nitrogen and oxygen atoms in total. The first-order valence-electron chi connectivity index (χ1n) is 9.99. The van der Waals surface area contributed by atoms with E-state index in [0.29, 0.717) is 12.5 Å². The zero-order valence-electron chi connectivity index (χ0n) is 17.1. The van der Waals surface area contributed by atoms with Gasteiger partial charge in [-0.05, 0) is 44.2 Å². The summed E-state index contributed by atoms with van der Waals surface area (Å²) >= 11 is 0. The molecule has 2 rings (SSSR count). The lowest BCUT2D eigenvalue weighted by atomic mass is 10.1. The van der Waals surface area contributed by atoms with Crippen LogP contribution in [0.3, 0.4) is 0 Å². The van der Waals surface area contributed by atoms with Crippen molar-refractivity contribution in [3.8, 4) is 5.75 Å². The first-order chi connectivity index (χ1) is 13.2. The average molecular weight is 378 g/mol. The summed E-state index contributed by atoms with van der Waals surface area (Å²) in [5, 5.41) is 6.64. The summed E-state index contributed by atoms with van der Waals surface area (Å²) in [5.74, 6) is 2.41. The number of benzene rings is 1. The summed E-state index contributed by atoms with van der Waals surface area (Å²) < 4.78 is 17.0. The van der Waals surface area contributed by atoms with E-state index in [0.717, 1.165) is 70.5 Å². The Labute approximate surface area is 163 Å². The molecule has 1 heterocycles. The third kappa shape index (κ3) is 8.18. The third-order valence-corrected chi connectivity index (χ3v) is 4.63. The lowest BCUT2D eigenvalue weighted by Gasteiger charge is -2.14. The number of rotatable bonds is 11. The minimum absolute atomic E-state index is 0.582. The van der Waals surface area contributed by atoms with Gasteiger partial charge < -0.3 is 24.8 Å². The Bertz CT molecular complexity index is 552. The number of ether oxygens (including phenoxy) is 3. The number of hydrogen-bond acceptors (Lipinski definition) is 4. The maximum atomic E-state index is 5.92. The van der Waals surface area contributed by atoms with Gasteiger partial charge in [0.1, 0.15) is 5.75 Å². The summed E-state index contributed by atoms with van der Waals surface area (Å²) in [4.78, 5) is 4.25. The second kappa shape index (κ2) is 12.6. The van der Waals surface area contributed by atoms with E-state index in [-0.39, 0.29) is 0 Å². The molecule has 1 atom stereocenters. The largest absolute Gasteiger partial charge is 0.493 e. The molecule has 1 unspecified atom stereocenters. The van der Waals surface area contributed by atoms with Crippen molar-refractivity contribution < 1.29 is 14.2 Å². The topological polar surface area (TPSA) is 64.1 Å². The molecule has 1 aromatic carbocycles. The fourth-order valence-corrected chi connectivity index (χ4v) is 3.05. The van der Waals surface area contributed by atoms with Crippen molar-refractivity contribution in [2.24, 2.45) is 10.9 Å². The molecule has 0 bridgehead atoms. The van der Waals surface area contributed by atoms with E-state index in [1.54, 1.807) is 7.05 Å². The molecule has 0 radical (unpaired) electrons. The monoisotopic (exact) mass is 377 g/mol. The van der Waals surface area contributed by atoms with Crippen LogP contribution in [0, 0.1) is 19.8 Å². The standard InChI is InChI=1S/C21H35N3O3/c1-17-7-4-8-18(2)20(17)27-13-6-11-24-21(22-3)23-10-5-12-25-15-19-9-14-26-16-19/h4,7-8,19H,5-6,9-16H2,1-3H3,(H2,22,23,24). The fourth-order valence-electron chi connectivity index (χ4n) is 3.05. The Balaban J connectivity index is 1.48. The van der Waals surface area contributed by atoms with Crippen LogP contribution < -0.4 is 15.4 Å². The van der Waals surface area contributed by atoms with Crippen LogP contribution in [-0.2, 0) is 9.47 Å². The number of aryl methyl sites for hydroxylation is 2. The Hall–Kier alpha value is -1.79. The van der Waals surface area contributed by atoms with Crippen LogP contribution in [-0.4, -0.2) is 59.1 Å². The van der Waals surface area contributed by atoms with Crippen LogP contribution in [0.1, 0.15) is 30.4 Å². The van der Waals surface area contributed by atoms with Crippen LogP contribution in [0.15, 0.2) is 23.2 Å². The molecule has 1 aliphatic rings. The third-order valence-electron chi connectivity index (χ3n) is 4.63. The van der Waals surface area contributed by atoms with Gasteiger partial charge in [-0.1, -0.05) is 18.2 Å². The van der Waals surface area contributed by atoms with Gasteiger partial charge in [-0.15, -0.1) is 0 Å². The summed E-state index contributed by atoms with van der Waals surface area (Å²) in [7, 11) is 1.79. The van der Waals surface area contributed by atoms with Crippen molar-refractivity contribution in [1.29, 1.82) is 0 Å². The van der Waals surface area contributed by atoms with Crippen molar-refractivity contribution in [1.82, 2.24) is 10.6 Å². The number of guanidine groups is 1. The average Bonchev–Trinajstić information content (AvgIpc) is 3.18. The molecular formula is C21H35N3O3. The normalized spacial score (nSPS) is 17.1. The molecule has 0 aliphatic carbocycles.